The molecule has 12 rings (SSSR count). The van der Waals surface area contributed by atoms with Crippen LogP contribution in [0.4, 0.5) is 0 Å². The van der Waals surface area contributed by atoms with Crippen LogP contribution in [0.1, 0.15) is 33.7 Å². The van der Waals surface area contributed by atoms with Gasteiger partial charge in [-0.2, -0.15) is 0 Å². The highest BCUT2D eigenvalue weighted by Crippen LogP contribution is 2.50. The Morgan fingerprint density at radius 2 is 1.00 bits per heavy atom. The van der Waals surface area contributed by atoms with E-state index in [0.717, 1.165) is 6.42 Å². The van der Waals surface area contributed by atoms with Gasteiger partial charge in [0.15, 0.2) is 0 Å². The van der Waals surface area contributed by atoms with Crippen molar-refractivity contribution in [2.75, 3.05) is 0 Å². The first-order valence-corrected chi connectivity index (χ1v) is 20.0. The number of hydrogen-bond donors (Lipinski definition) is 0. The van der Waals surface area contributed by atoms with Crippen LogP contribution in [0.3, 0.4) is 0 Å². The van der Waals surface area contributed by atoms with Gasteiger partial charge in [0.1, 0.15) is 0 Å². The molecule has 1 heterocycles. The molecule has 9 aromatic carbocycles. The van der Waals surface area contributed by atoms with E-state index in [1.165, 1.54) is 111 Å². The molecule has 0 saturated heterocycles. The summed E-state index contributed by atoms with van der Waals surface area (Å²) in [5.41, 5.74) is 23.5. The average Bonchev–Trinajstić information content (AvgIpc) is 3.94. The summed E-state index contributed by atoms with van der Waals surface area (Å²) in [6, 6.07) is 76.6. The Morgan fingerprint density at radius 1 is 0.351 bits per heavy atom. The van der Waals surface area contributed by atoms with Gasteiger partial charge in [-0.25, -0.2) is 0 Å². The van der Waals surface area contributed by atoms with Crippen LogP contribution < -0.4 is 0 Å². The van der Waals surface area contributed by atoms with Crippen molar-refractivity contribution < 1.29 is 0 Å². The number of benzene rings is 9. The van der Waals surface area contributed by atoms with E-state index in [1.54, 1.807) is 0 Å². The lowest BCUT2D eigenvalue weighted by Crippen LogP contribution is -2.00. The second-order valence-electron chi connectivity index (χ2n) is 15.6. The van der Waals surface area contributed by atoms with Gasteiger partial charge in [0, 0.05) is 22.4 Å². The summed E-state index contributed by atoms with van der Waals surface area (Å²) in [6.45, 7) is 0. The lowest BCUT2D eigenvalue weighted by atomic mass is 9.86. The predicted octanol–water partition coefficient (Wildman–Crippen LogP) is 14.5. The third-order valence-electron chi connectivity index (χ3n) is 12.5. The Balaban J connectivity index is 0.968. The van der Waals surface area contributed by atoms with Gasteiger partial charge in [0.2, 0.25) is 0 Å². The average molecular weight is 724 g/mol. The van der Waals surface area contributed by atoms with Crippen LogP contribution >= 0.6 is 0 Å². The van der Waals surface area contributed by atoms with E-state index < -0.39 is 0 Å². The number of nitrogens with zero attached hydrogens (tertiary/aromatic N) is 1. The van der Waals surface area contributed by atoms with Gasteiger partial charge in [-0.05, 0) is 126 Å². The SMILES string of the molecule is c1ccc(-c2cccc(-n3c4ccccc4c4cc(-c5ccc6c(c5)C(c5cccc(-c7cccc8c7Cc7ccccc7-8)c5)c5ccccc5-6)ccc43)c2)cc1. The van der Waals surface area contributed by atoms with E-state index in [2.05, 4.69) is 211 Å². The van der Waals surface area contributed by atoms with Gasteiger partial charge < -0.3 is 4.57 Å². The van der Waals surface area contributed by atoms with Crippen molar-refractivity contribution in [3.8, 4) is 61.3 Å². The third-order valence-corrected chi connectivity index (χ3v) is 12.5. The van der Waals surface area contributed by atoms with Gasteiger partial charge >= 0.3 is 0 Å². The van der Waals surface area contributed by atoms with Gasteiger partial charge in [-0.1, -0.05) is 170 Å². The smallest absolute Gasteiger partial charge is 0.0541 e. The molecule has 266 valence electrons. The van der Waals surface area contributed by atoms with Crippen LogP contribution in [-0.2, 0) is 6.42 Å². The topological polar surface area (TPSA) is 4.93 Å². The zero-order valence-corrected chi connectivity index (χ0v) is 31.4. The maximum absolute atomic E-state index is 2.47. The molecule has 0 saturated carbocycles. The van der Waals surface area contributed by atoms with Gasteiger partial charge in [0.25, 0.3) is 0 Å². The van der Waals surface area contributed by atoms with Crippen LogP contribution in [0.15, 0.2) is 206 Å². The molecule has 0 radical (unpaired) electrons. The first-order chi connectivity index (χ1) is 28.3. The number of aromatic nitrogens is 1. The Morgan fingerprint density at radius 3 is 1.95 bits per heavy atom. The van der Waals surface area contributed by atoms with E-state index in [1.807, 2.05) is 0 Å². The van der Waals surface area contributed by atoms with Crippen LogP contribution in [0, 0.1) is 0 Å². The highest BCUT2D eigenvalue weighted by molar-refractivity contribution is 6.10. The first-order valence-electron chi connectivity index (χ1n) is 20.0. The summed E-state index contributed by atoms with van der Waals surface area (Å²) in [7, 11) is 0. The Kier molecular flexibility index (Phi) is 7.12. The summed E-state index contributed by atoms with van der Waals surface area (Å²) in [4.78, 5) is 0. The van der Waals surface area contributed by atoms with Gasteiger partial charge in [0.05, 0.1) is 11.0 Å². The zero-order chi connectivity index (χ0) is 37.5. The lowest BCUT2D eigenvalue weighted by Gasteiger charge is -2.18. The molecule has 0 amide bonds. The quantitative estimate of drug-likeness (QED) is 0.167. The molecule has 1 unspecified atom stereocenters. The molecule has 1 nitrogen and oxygen atoms in total. The number of para-hydroxylation sites is 1. The Labute approximate surface area is 332 Å². The first kappa shape index (κ1) is 32.1. The lowest BCUT2D eigenvalue weighted by molar-refractivity contribution is 1.02. The molecule has 0 fully saturated rings. The second-order valence-corrected chi connectivity index (χ2v) is 15.6. The molecular formula is C56H37N. The van der Waals surface area contributed by atoms with E-state index >= 15 is 0 Å². The van der Waals surface area contributed by atoms with Crippen LogP contribution in [0.5, 0.6) is 0 Å². The van der Waals surface area contributed by atoms with E-state index in [9.17, 15) is 0 Å². The van der Waals surface area contributed by atoms with Crippen molar-refractivity contribution in [1.29, 1.82) is 0 Å². The van der Waals surface area contributed by atoms with Crippen molar-refractivity contribution >= 4 is 21.8 Å². The van der Waals surface area contributed by atoms with Gasteiger partial charge in [-0.3, -0.25) is 0 Å². The second kappa shape index (κ2) is 12.7. The zero-order valence-electron chi connectivity index (χ0n) is 31.4. The number of rotatable bonds is 5. The van der Waals surface area contributed by atoms with Crippen molar-refractivity contribution in [2.24, 2.45) is 0 Å². The van der Waals surface area contributed by atoms with Crippen molar-refractivity contribution in [3.63, 3.8) is 0 Å². The molecule has 2 aliphatic rings. The molecule has 0 aliphatic heterocycles. The Hall–Kier alpha value is -7.22. The van der Waals surface area contributed by atoms with Crippen molar-refractivity contribution in [1.82, 2.24) is 4.57 Å². The monoisotopic (exact) mass is 723 g/mol. The number of hydrogen-bond acceptors (Lipinski definition) is 0. The standard InChI is InChI=1S/C56H37N/c1-2-13-36(14-3-1)37-16-11-19-43(32-37)57-54-26-9-8-22-49(54)52-33-39(28-30-55(52)57)38-27-29-48-47-21-6-7-23-50(47)56(53(48)34-38)42-18-10-17-40(31-42)45-24-12-25-46-44-20-5-4-15-41(44)35-51(45)46/h1-34,56H,35H2. The fourth-order valence-electron chi connectivity index (χ4n) is 9.95. The molecule has 0 N–H and O–H groups in total. The maximum Gasteiger partial charge on any atom is 0.0541 e. The normalized spacial score (nSPS) is 13.7. The summed E-state index contributed by atoms with van der Waals surface area (Å²) in [6.07, 6.45) is 0.980. The van der Waals surface area contributed by atoms with Crippen molar-refractivity contribution in [3.05, 3.63) is 234 Å². The molecule has 1 aromatic heterocycles. The summed E-state index contributed by atoms with van der Waals surface area (Å²) in [5, 5.41) is 2.53. The van der Waals surface area contributed by atoms with Crippen LogP contribution in [-0.4, -0.2) is 4.57 Å². The fraction of sp³-hybridized carbons (Fsp3) is 0.0357. The maximum atomic E-state index is 2.47. The van der Waals surface area contributed by atoms with E-state index in [0.29, 0.717) is 0 Å². The van der Waals surface area contributed by atoms with Gasteiger partial charge in [-0.15, -0.1) is 0 Å². The Bertz CT molecular complexity index is 3220. The third kappa shape index (κ3) is 5.02. The molecular weight excluding hydrogens is 687 g/mol. The molecule has 10 aromatic rings. The minimum absolute atomic E-state index is 0.146. The molecule has 57 heavy (non-hydrogen) atoms. The van der Waals surface area contributed by atoms with Crippen LogP contribution in [0.2, 0.25) is 0 Å². The number of fused-ring (bicyclic) bond motifs is 9. The van der Waals surface area contributed by atoms with E-state index in [4.69, 9.17) is 0 Å². The van der Waals surface area contributed by atoms with Crippen molar-refractivity contribution in [2.45, 2.75) is 12.3 Å². The summed E-state index contributed by atoms with van der Waals surface area (Å²) >= 11 is 0. The highest BCUT2D eigenvalue weighted by Gasteiger charge is 2.31. The fourth-order valence-corrected chi connectivity index (χ4v) is 9.95. The molecule has 0 bridgehead atoms. The predicted molar refractivity (Wildman–Crippen MR) is 238 cm³/mol. The molecule has 1 atom stereocenters. The summed E-state index contributed by atoms with van der Waals surface area (Å²) < 4.78 is 2.42. The minimum Gasteiger partial charge on any atom is -0.309 e. The highest BCUT2D eigenvalue weighted by atomic mass is 15.0. The molecule has 2 aliphatic carbocycles. The largest absolute Gasteiger partial charge is 0.309 e. The minimum atomic E-state index is 0.146. The van der Waals surface area contributed by atoms with Crippen LogP contribution in [0.25, 0.3) is 83.1 Å². The van der Waals surface area contributed by atoms with E-state index in [-0.39, 0.29) is 5.92 Å². The molecule has 0 spiro atoms. The summed E-state index contributed by atoms with van der Waals surface area (Å²) in [5.74, 6) is 0.146. The molecule has 1 heteroatoms.